The Morgan fingerprint density at radius 2 is 2.19 bits per heavy atom. The van der Waals surface area contributed by atoms with E-state index in [4.69, 9.17) is 4.74 Å². The molecule has 0 aliphatic heterocycles. The molecule has 0 atom stereocenters. The second-order valence-corrected chi connectivity index (χ2v) is 5.54. The molecule has 9 nitrogen and oxygen atoms in total. The van der Waals surface area contributed by atoms with Gasteiger partial charge in [-0.3, -0.25) is 10.1 Å². The summed E-state index contributed by atoms with van der Waals surface area (Å²) in [4.78, 5) is 34.4. The van der Waals surface area contributed by atoms with E-state index < -0.39 is 16.6 Å². The van der Waals surface area contributed by atoms with Gasteiger partial charge in [0.05, 0.1) is 29.1 Å². The lowest BCUT2D eigenvalue weighted by molar-refractivity contribution is -0.384. The Balaban J connectivity index is 1.89. The molecule has 2 aromatic heterocycles. The molecule has 0 aliphatic carbocycles. The van der Waals surface area contributed by atoms with Crippen LogP contribution in [0.1, 0.15) is 28.7 Å². The first-order chi connectivity index (χ1) is 12.5. The highest BCUT2D eigenvalue weighted by Gasteiger charge is 2.26. The van der Waals surface area contributed by atoms with E-state index in [0.29, 0.717) is 5.82 Å². The number of nitrogens with zero attached hydrogens (tertiary/aromatic N) is 3. The summed E-state index contributed by atoms with van der Waals surface area (Å²) < 4.78 is 4.87. The van der Waals surface area contributed by atoms with Crippen LogP contribution in [0, 0.1) is 17.0 Å². The van der Waals surface area contributed by atoms with Crippen LogP contribution in [0.3, 0.4) is 0 Å². The number of carbonyl (C=O) groups is 1. The van der Waals surface area contributed by atoms with E-state index in [1.807, 2.05) is 25.1 Å². The highest BCUT2D eigenvalue weighted by molar-refractivity contribution is 5.96. The van der Waals surface area contributed by atoms with Gasteiger partial charge in [0, 0.05) is 6.20 Å². The second kappa shape index (κ2) is 7.18. The van der Waals surface area contributed by atoms with Gasteiger partial charge in [0.2, 0.25) is 5.82 Å². The summed E-state index contributed by atoms with van der Waals surface area (Å²) in [7, 11) is 0. The lowest BCUT2D eigenvalue weighted by Crippen LogP contribution is -2.12. The summed E-state index contributed by atoms with van der Waals surface area (Å²) >= 11 is 0. The number of aryl methyl sites for hydroxylation is 1. The Morgan fingerprint density at radius 1 is 1.38 bits per heavy atom. The Hall–Kier alpha value is -3.49. The molecular formula is C17H17N5O4. The molecular weight excluding hydrogens is 338 g/mol. The molecule has 1 aromatic carbocycles. The van der Waals surface area contributed by atoms with Crippen LogP contribution in [-0.4, -0.2) is 32.5 Å². The van der Waals surface area contributed by atoms with E-state index in [9.17, 15) is 14.9 Å². The van der Waals surface area contributed by atoms with Crippen molar-refractivity contribution in [1.82, 2.24) is 15.0 Å². The third-order valence-corrected chi connectivity index (χ3v) is 3.79. The Bertz CT molecular complexity index is 982. The van der Waals surface area contributed by atoms with Gasteiger partial charge in [-0.05, 0) is 31.5 Å². The topological polar surface area (TPSA) is 123 Å². The van der Waals surface area contributed by atoms with E-state index in [2.05, 4.69) is 20.3 Å². The number of benzene rings is 1. The Morgan fingerprint density at radius 3 is 2.88 bits per heavy atom. The predicted octanol–water partition coefficient (Wildman–Crippen LogP) is 2.96. The van der Waals surface area contributed by atoms with Crippen LogP contribution in [0.25, 0.3) is 11.0 Å². The van der Waals surface area contributed by atoms with Gasteiger partial charge in [0.15, 0.2) is 0 Å². The normalized spacial score (nSPS) is 10.7. The van der Waals surface area contributed by atoms with Gasteiger partial charge >= 0.3 is 11.7 Å². The predicted molar refractivity (Wildman–Crippen MR) is 95.0 cm³/mol. The lowest BCUT2D eigenvalue weighted by Gasteiger charge is -2.08. The molecule has 0 bridgehead atoms. The van der Waals surface area contributed by atoms with Crippen LogP contribution < -0.4 is 5.32 Å². The summed E-state index contributed by atoms with van der Waals surface area (Å²) in [5.74, 6) is -0.173. The quantitative estimate of drug-likeness (QED) is 0.396. The molecule has 0 saturated heterocycles. The molecule has 2 N–H and O–H groups in total. The zero-order chi connectivity index (χ0) is 18.7. The molecule has 9 heteroatoms. The minimum Gasteiger partial charge on any atom is -0.462 e. The van der Waals surface area contributed by atoms with Crippen LogP contribution in [0.5, 0.6) is 0 Å². The van der Waals surface area contributed by atoms with Gasteiger partial charge in [-0.2, -0.15) is 0 Å². The number of hydrogen-bond acceptors (Lipinski definition) is 7. The van der Waals surface area contributed by atoms with Gasteiger partial charge in [0.25, 0.3) is 0 Å². The molecule has 3 rings (SSSR count). The molecule has 0 fully saturated rings. The van der Waals surface area contributed by atoms with Crippen LogP contribution in [0.15, 0.2) is 30.5 Å². The van der Waals surface area contributed by atoms with E-state index in [1.165, 1.54) is 12.3 Å². The number of esters is 1. The fourth-order valence-electron chi connectivity index (χ4n) is 2.62. The monoisotopic (exact) mass is 355 g/mol. The smallest absolute Gasteiger partial charge is 0.345 e. The first-order valence-electron chi connectivity index (χ1n) is 7.99. The van der Waals surface area contributed by atoms with Crippen molar-refractivity contribution in [2.45, 2.75) is 20.4 Å². The zero-order valence-electron chi connectivity index (χ0n) is 14.3. The number of nitrogens with one attached hydrogen (secondary N) is 2. The largest absolute Gasteiger partial charge is 0.462 e. The van der Waals surface area contributed by atoms with E-state index in [-0.39, 0.29) is 24.5 Å². The van der Waals surface area contributed by atoms with Gasteiger partial charge in [0.1, 0.15) is 11.4 Å². The SMILES string of the molecule is CCOC(=O)c1ccnc(NCc2nc3c(C)cccc3[nH]2)c1[N+](=O)[O-]. The van der Waals surface area contributed by atoms with Crippen molar-refractivity contribution < 1.29 is 14.5 Å². The van der Waals surface area contributed by atoms with Gasteiger partial charge in [-0.1, -0.05) is 12.1 Å². The van der Waals surface area contributed by atoms with Gasteiger partial charge in [-0.15, -0.1) is 0 Å². The maximum Gasteiger partial charge on any atom is 0.345 e. The fourth-order valence-corrected chi connectivity index (χ4v) is 2.62. The number of carbonyl (C=O) groups excluding carboxylic acids is 1. The number of H-pyrrole nitrogens is 1. The molecule has 0 radical (unpaired) electrons. The van der Waals surface area contributed by atoms with Crippen molar-refractivity contribution in [1.29, 1.82) is 0 Å². The van der Waals surface area contributed by atoms with Crippen molar-refractivity contribution in [3.05, 3.63) is 57.5 Å². The average Bonchev–Trinajstić information content (AvgIpc) is 3.04. The number of nitro groups is 1. The highest BCUT2D eigenvalue weighted by atomic mass is 16.6. The first kappa shape index (κ1) is 17.3. The Labute approximate surface area is 148 Å². The van der Waals surface area contributed by atoms with Crippen LogP contribution >= 0.6 is 0 Å². The van der Waals surface area contributed by atoms with Crippen molar-refractivity contribution in [3.63, 3.8) is 0 Å². The number of hydrogen-bond donors (Lipinski definition) is 2. The van der Waals surface area contributed by atoms with E-state index in [1.54, 1.807) is 6.92 Å². The third kappa shape index (κ3) is 3.32. The Kier molecular flexibility index (Phi) is 4.78. The molecule has 0 spiro atoms. The number of para-hydroxylation sites is 1. The van der Waals surface area contributed by atoms with Crippen molar-refractivity contribution in [3.8, 4) is 0 Å². The molecule has 0 aliphatic rings. The molecule has 0 unspecified atom stereocenters. The molecule has 0 amide bonds. The number of pyridine rings is 1. The fraction of sp³-hybridized carbons (Fsp3) is 0.235. The zero-order valence-corrected chi connectivity index (χ0v) is 14.3. The molecule has 134 valence electrons. The summed E-state index contributed by atoms with van der Waals surface area (Å²) in [6.07, 6.45) is 1.32. The molecule has 26 heavy (non-hydrogen) atoms. The lowest BCUT2D eigenvalue weighted by atomic mass is 10.2. The van der Waals surface area contributed by atoms with Crippen molar-refractivity contribution in [2.75, 3.05) is 11.9 Å². The average molecular weight is 355 g/mol. The highest BCUT2D eigenvalue weighted by Crippen LogP contribution is 2.27. The second-order valence-electron chi connectivity index (χ2n) is 5.54. The minimum absolute atomic E-state index is 0.0160. The number of fused-ring (bicyclic) bond motifs is 1. The number of ether oxygens (including phenoxy) is 1. The maximum atomic E-state index is 12.0. The molecule has 3 aromatic rings. The standard InChI is InChI=1S/C17H17N5O4/c1-3-26-17(23)11-7-8-18-16(15(11)22(24)25)19-9-13-20-12-6-4-5-10(2)14(12)21-13/h4-8H,3,9H2,1-2H3,(H,18,19)(H,20,21). The number of anilines is 1. The van der Waals surface area contributed by atoms with E-state index in [0.717, 1.165) is 16.6 Å². The summed E-state index contributed by atoms with van der Waals surface area (Å²) in [6.45, 7) is 3.90. The van der Waals surface area contributed by atoms with Crippen LogP contribution in [0.2, 0.25) is 0 Å². The number of rotatable bonds is 6. The third-order valence-electron chi connectivity index (χ3n) is 3.79. The molecule has 2 heterocycles. The summed E-state index contributed by atoms with van der Waals surface area (Å²) in [6, 6.07) is 7.05. The number of aromatic amines is 1. The number of aromatic nitrogens is 3. The van der Waals surface area contributed by atoms with Crippen molar-refractivity contribution >= 4 is 28.5 Å². The summed E-state index contributed by atoms with van der Waals surface area (Å²) in [5, 5.41) is 14.3. The van der Waals surface area contributed by atoms with Crippen molar-refractivity contribution in [2.24, 2.45) is 0 Å². The van der Waals surface area contributed by atoms with Gasteiger partial charge < -0.3 is 15.0 Å². The number of imidazole rings is 1. The van der Waals surface area contributed by atoms with Crippen LogP contribution in [0.4, 0.5) is 11.5 Å². The minimum atomic E-state index is -0.760. The first-order valence-corrected chi connectivity index (χ1v) is 7.99. The molecule has 0 saturated carbocycles. The van der Waals surface area contributed by atoms with E-state index >= 15 is 0 Å². The van der Waals surface area contributed by atoms with Crippen LogP contribution in [-0.2, 0) is 11.3 Å². The van der Waals surface area contributed by atoms with Gasteiger partial charge in [-0.25, -0.2) is 14.8 Å². The summed E-state index contributed by atoms with van der Waals surface area (Å²) in [5.41, 5.74) is 2.18. The maximum absolute atomic E-state index is 12.0.